The van der Waals surface area contributed by atoms with Crippen molar-refractivity contribution >= 4 is 22.9 Å². The molecule has 1 aromatic heterocycles. The summed E-state index contributed by atoms with van der Waals surface area (Å²) in [7, 11) is 0. The van der Waals surface area contributed by atoms with Gasteiger partial charge < -0.3 is 11.1 Å². The van der Waals surface area contributed by atoms with E-state index in [1.54, 1.807) is 0 Å². The van der Waals surface area contributed by atoms with Gasteiger partial charge in [0.2, 0.25) is 5.91 Å². The average Bonchev–Trinajstić information content (AvgIpc) is 2.83. The first-order chi connectivity index (χ1) is 7.77. The Morgan fingerprint density at radius 3 is 2.56 bits per heavy atom. The van der Waals surface area contributed by atoms with Crippen molar-refractivity contribution in [3.8, 4) is 0 Å². The molecule has 1 atom stereocenters. The van der Waals surface area contributed by atoms with E-state index in [2.05, 4.69) is 5.32 Å². The Hall–Kier alpha value is -1.65. The largest absolute Gasteiger partial charge is 0.324 e. The average molecular weight is 232 g/mol. The van der Waals surface area contributed by atoms with Crippen LogP contribution in [0.1, 0.15) is 10.9 Å². The maximum absolute atomic E-state index is 11.8. The molecule has 0 fully saturated rings. The van der Waals surface area contributed by atoms with Gasteiger partial charge in [-0.1, -0.05) is 24.3 Å². The van der Waals surface area contributed by atoms with Crippen LogP contribution in [0.15, 0.2) is 47.8 Å². The van der Waals surface area contributed by atoms with Gasteiger partial charge in [0.15, 0.2) is 0 Å². The van der Waals surface area contributed by atoms with Crippen LogP contribution in [-0.2, 0) is 4.79 Å². The molecule has 2 aromatic rings. The lowest BCUT2D eigenvalue weighted by molar-refractivity contribution is -0.117. The first-order valence-corrected chi connectivity index (χ1v) is 5.80. The fourth-order valence-corrected chi connectivity index (χ4v) is 2.06. The molecule has 0 aliphatic rings. The smallest absolute Gasteiger partial charge is 0.246 e. The zero-order valence-electron chi connectivity index (χ0n) is 8.59. The zero-order chi connectivity index (χ0) is 11.4. The Labute approximate surface area is 97.9 Å². The molecule has 0 radical (unpaired) electrons. The lowest BCUT2D eigenvalue weighted by atomic mass is 10.2. The third kappa shape index (κ3) is 2.48. The van der Waals surface area contributed by atoms with E-state index in [-0.39, 0.29) is 5.91 Å². The normalized spacial score (nSPS) is 12.1. The van der Waals surface area contributed by atoms with Crippen LogP contribution in [0.2, 0.25) is 0 Å². The minimum Gasteiger partial charge on any atom is -0.324 e. The number of hydrogen-bond donors (Lipinski definition) is 2. The van der Waals surface area contributed by atoms with E-state index >= 15 is 0 Å². The molecule has 0 saturated carbocycles. The summed E-state index contributed by atoms with van der Waals surface area (Å²) in [6.45, 7) is 0. The molecule has 0 spiro atoms. The molecular weight excluding hydrogens is 220 g/mol. The first kappa shape index (κ1) is 10.9. The summed E-state index contributed by atoms with van der Waals surface area (Å²) in [4.78, 5) is 12.7. The Morgan fingerprint density at radius 1 is 1.19 bits per heavy atom. The number of anilines is 1. The van der Waals surface area contributed by atoms with Crippen molar-refractivity contribution in [2.45, 2.75) is 6.04 Å². The van der Waals surface area contributed by atoms with E-state index in [4.69, 9.17) is 5.73 Å². The van der Waals surface area contributed by atoms with E-state index in [0.29, 0.717) is 0 Å². The third-order valence-electron chi connectivity index (χ3n) is 2.17. The van der Waals surface area contributed by atoms with Gasteiger partial charge in [-0.25, -0.2) is 0 Å². The SMILES string of the molecule is NC(C(=O)Nc1ccccc1)c1cccs1. The van der Waals surface area contributed by atoms with Gasteiger partial charge in [0, 0.05) is 10.6 Å². The molecule has 1 heterocycles. The number of thiophene rings is 1. The van der Waals surface area contributed by atoms with Crippen molar-refractivity contribution < 1.29 is 4.79 Å². The molecule has 0 aliphatic heterocycles. The summed E-state index contributed by atoms with van der Waals surface area (Å²) in [6.07, 6.45) is 0. The molecule has 1 unspecified atom stereocenters. The van der Waals surface area contributed by atoms with E-state index in [0.717, 1.165) is 10.6 Å². The van der Waals surface area contributed by atoms with Crippen molar-refractivity contribution in [1.82, 2.24) is 0 Å². The number of para-hydroxylation sites is 1. The van der Waals surface area contributed by atoms with Crippen LogP contribution in [0.5, 0.6) is 0 Å². The molecule has 2 rings (SSSR count). The summed E-state index contributed by atoms with van der Waals surface area (Å²) in [5.74, 6) is -0.186. The highest BCUT2D eigenvalue weighted by Crippen LogP contribution is 2.18. The van der Waals surface area contributed by atoms with Crippen molar-refractivity contribution in [3.05, 3.63) is 52.7 Å². The van der Waals surface area contributed by atoms with E-state index in [1.165, 1.54) is 11.3 Å². The molecule has 4 heteroatoms. The Balaban J connectivity index is 2.04. The minimum absolute atomic E-state index is 0.186. The second-order valence-electron chi connectivity index (χ2n) is 3.35. The molecule has 16 heavy (non-hydrogen) atoms. The molecule has 3 N–H and O–H groups in total. The van der Waals surface area contributed by atoms with Gasteiger partial charge in [-0.3, -0.25) is 4.79 Å². The molecule has 3 nitrogen and oxygen atoms in total. The molecule has 0 aliphatic carbocycles. The topological polar surface area (TPSA) is 55.1 Å². The molecule has 1 aromatic carbocycles. The number of hydrogen-bond acceptors (Lipinski definition) is 3. The highest BCUT2D eigenvalue weighted by Gasteiger charge is 2.16. The summed E-state index contributed by atoms with van der Waals surface area (Å²) in [5, 5.41) is 4.68. The van der Waals surface area contributed by atoms with Crippen molar-refractivity contribution in [1.29, 1.82) is 0 Å². The quantitative estimate of drug-likeness (QED) is 0.853. The highest BCUT2D eigenvalue weighted by molar-refractivity contribution is 7.10. The second kappa shape index (κ2) is 4.92. The Morgan fingerprint density at radius 2 is 1.94 bits per heavy atom. The van der Waals surface area contributed by atoms with Gasteiger partial charge in [0.05, 0.1) is 0 Å². The van der Waals surface area contributed by atoms with Gasteiger partial charge in [-0.05, 0) is 23.6 Å². The highest BCUT2D eigenvalue weighted by atomic mass is 32.1. The summed E-state index contributed by atoms with van der Waals surface area (Å²) < 4.78 is 0. The van der Waals surface area contributed by atoms with Gasteiger partial charge in [-0.15, -0.1) is 11.3 Å². The molecule has 0 bridgehead atoms. The predicted molar refractivity (Wildman–Crippen MR) is 66.3 cm³/mol. The van der Waals surface area contributed by atoms with Crippen LogP contribution in [-0.4, -0.2) is 5.91 Å². The third-order valence-corrected chi connectivity index (χ3v) is 3.13. The Bertz CT molecular complexity index is 453. The fourth-order valence-electron chi connectivity index (χ4n) is 1.34. The van der Waals surface area contributed by atoms with E-state index < -0.39 is 6.04 Å². The van der Waals surface area contributed by atoms with Gasteiger partial charge in [0.25, 0.3) is 0 Å². The van der Waals surface area contributed by atoms with E-state index in [1.807, 2.05) is 47.8 Å². The summed E-state index contributed by atoms with van der Waals surface area (Å²) in [6, 6.07) is 12.4. The maximum atomic E-state index is 11.8. The number of nitrogens with two attached hydrogens (primary N) is 1. The number of carbonyl (C=O) groups is 1. The van der Waals surface area contributed by atoms with Gasteiger partial charge >= 0.3 is 0 Å². The van der Waals surface area contributed by atoms with E-state index in [9.17, 15) is 4.79 Å². The standard InChI is InChI=1S/C12H12N2OS/c13-11(10-7-4-8-16-10)12(15)14-9-5-2-1-3-6-9/h1-8,11H,13H2,(H,14,15). The number of benzene rings is 1. The van der Waals surface area contributed by atoms with Crippen LogP contribution >= 0.6 is 11.3 Å². The lowest BCUT2D eigenvalue weighted by Gasteiger charge is -2.10. The fraction of sp³-hybridized carbons (Fsp3) is 0.0833. The number of carbonyl (C=O) groups excluding carboxylic acids is 1. The zero-order valence-corrected chi connectivity index (χ0v) is 9.41. The van der Waals surface area contributed by atoms with Crippen molar-refractivity contribution in [2.24, 2.45) is 5.73 Å². The summed E-state index contributed by atoms with van der Waals surface area (Å²) >= 11 is 1.48. The van der Waals surface area contributed by atoms with Crippen LogP contribution < -0.4 is 11.1 Å². The number of amides is 1. The summed E-state index contributed by atoms with van der Waals surface area (Å²) in [5.41, 5.74) is 6.59. The second-order valence-corrected chi connectivity index (χ2v) is 4.33. The van der Waals surface area contributed by atoms with Crippen molar-refractivity contribution in [2.75, 3.05) is 5.32 Å². The lowest BCUT2D eigenvalue weighted by Crippen LogP contribution is -2.26. The molecule has 82 valence electrons. The van der Waals surface area contributed by atoms with Crippen LogP contribution in [0.25, 0.3) is 0 Å². The molecule has 1 amide bonds. The van der Waals surface area contributed by atoms with Crippen molar-refractivity contribution in [3.63, 3.8) is 0 Å². The van der Waals surface area contributed by atoms with Gasteiger partial charge in [-0.2, -0.15) is 0 Å². The Kier molecular flexibility index (Phi) is 3.34. The monoisotopic (exact) mass is 232 g/mol. The predicted octanol–water partition coefficient (Wildman–Crippen LogP) is 2.39. The van der Waals surface area contributed by atoms with Gasteiger partial charge in [0.1, 0.15) is 6.04 Å². The molecule has 0 saturated heterocycles. The first-order valence-electron chi connectivity index (χ1n) is 4.92. The van der Waals surface area contributed by atoms with Crippen LogP contribution in [0.4, 0.5) is 5.69 Å². The van der Waals surface area contributed by atoms with Crippen LogP contribution in [0.3, 0.4) is 0 Å². The minimum atomic E-state index is -0.597. The number of nitrogens with one attached hydrogen (secondary N) is 1. The number of rotatable bonds is 3. The molecular formula is C12H12N2OS. The maximum Gasteiger partial charge on any atom is 0.246 e. The van der Waals surface area contributed by atoms with Crippen LogP contribution in [0, 0.1) is 0 Å².